The lowest BCUT2D eigenvalue weighted by molar-refractivity contribution is 0.202. The molecule has 1 heterocycles. The molecule has 0 saturated heterocycles. The van der Waals surface area contributed by atoms with Crippen LogP contribution in [0.25, 0.3) is 0 Å². The Morgan fingerprint density at radius 3 is 3.09 bits per heavy atom. The number of alkyl halides is 1. The molecule has 1 atom stereocenters. The van der Waals surface area contributed by atoms with Crippen molar-refractivity contribution in [2.75, 3.05) is 5.33 Å². The number of fused-ring (bicyclic) bond motifs is 1. The minimum Gasteiger partial charge on any atom is -0.408 e. The number of halogens is 1. The standard InChI is InChI=1S/C8H8BrNO/c9-5-7-6-3-1-2-4-8(6)11-10-7/h1-4,7,10H,5H2. The molecule has 0 radical (unpaired) electrons. The molecular weight excluding hydrogens is 206 g/mol. The third-order valence-electron chi connectivity index (χ3n) is 1.76. The maximum Gasteiger partial charge on any atom is 0.152 e. The van der Waals surface area contributed by atoms with Gasteiger partial charge in [-0.2, -0.15) is 0 Å². The van der Waals surface area contributed by atoms with E-state index in [-0.39, 0.29) is 0 Å². The highest BCUT2D eigenvalue weighted by Crippen LogP contribution is 2.30. The molecule has 58 valence electrons. The molecule has 0 aliphatic carbocycles. The lowest BCUT2D eigenvalue weighted by Gasteiger charge is -2.01. The summed E-state index contributed by atoms with van der Waals surface area (Å²) in [4.78, 5) is 5.22. The molecule has 1 N–H and O–H groups in total. The SMILES string of the molecule is BrCC1NOc2ccccc21. The van der Waals surface area contributed by atoms with Crippen molar-refractivity contribution in [1.82, 2.24) is 5.48 Å². The fourth-order valence-corrected chi connectivity index (χ4v) is 1.66. The Kier molecular flexibility index (Phi) is 1.84. The third-order valence-corrected chi connectivity index (χ3v) is 2.41. The van der Waals surface area contributed by atoms with Gasteiger partial charge in [-0.3, -0.25) is 0 Å². The summed E-state index contributed by atoms with van der Waals surface area (Å²) in [6.45, 7) is 0. The van der Waals surface area contributed by atoms with Gasteiger partial charge in [0.05, 0.1) is 6.04 Å². The fourth-order valence-electron chi connectivity index (χ4n) is 1.17. The lowest BCUT2D eigenvalue weighted by Crippen LogP contribution is -2.17. The Labute approximate surface area is 73.6 Å². The molecule has 0 amide bonds. The van der Waals surface area contributed by atoms with Crippen molar-refractivity contribution >= 4 is 15.9 Å². The van der Waals surface area contributed by atoms with Crippen LogP contribution in [0.15, 0.2) is 24.3 Å². The highest BCUT2D eigenvalue weighted by atomic mass is 79.9. The molecule has 1 aromatic carbocycles. The minimum atomic E-state index is 0.297. The molecule has 0 spiro atoms. The van der Waals surface area contributed by atoms with Gasteiger partial charge in [-0.1, -0.05) is 34.1 Å². The molecule has 2 rings (SSSR count). The molecule has 0 aromatic heterocycles. The molecule has 2 nitrogen and oxygen atoms in total. The highest BCUT2D eigenvalue weighted by molar-refractivity contribution is 9.09. The van der Waals surface area contributed by atoms with Crippen LogP contribution in [0, 0.1) is 0 Å². The van der Waals surface area contributed by atoms with Crippen LogP contribution < -0.4 is 10.3 Å². The van der Waals surface area contributed by atoms with Gasteiger partial charge in [-0.15, -0.1) is 5.48 Å². The predicted octanol–water partition coefficient (Wildman–Crippen LogP) is 2.02. The summed E-state index contributed by atoms with van der Waals surface area (Å²) in [5, 5.41) is 0.879. The zero-order valence-corrected chi connectivity index (χ0v) is 7.47. The first-order chi connectivity index (χ1) is 5.42. The van der Waals surface area contributed by atoms with Crippen molar-refractivity contribution in [1.29, 1.82) is 0 Å². The van der Waals surface area contributed by atoms with Gasteiger partial charge in [-0.05, 0) is 6.07 Å². The molecule has 0 saturated carbocycles. The van der Waals surface area contributed by atoms with E-state index in [9.17, 15) is 0 Å². The van der Waals surface area contributed by atoms with Crippen molar-refractivity contribution < 1.29 is 4.84 Å². The molecule has 1 aromatic rings. The van der Waals surface area contributed by atoms with Crippen LogP contribution in [-0.4, -0.2) is 5.33 Å². The second-order valence-corrected chi connectivity index (χ2v) is 3.11. The van der Waals surface area contributed by atoms with E-state index in [1.54, 1.807) is 0 Å². The van der Waals surface area contributed by atoms with Crippen molar-refractivity contribution in [3.63, 3.8) is 0 Å². The second-order valence-electron chi connectivity index (χ2n) is 2.46. The summed E-state index contributed by atoms with van der Waals surface area (Å²) in [7, 11) is 0. The summed E-state index contributed by atoms with van der Waals surface area (Å²) in [5.41, 5.74) is 4.15. The van der Waals surface area contributed by atoms with Gasteiger partial charge in [-0.25, -0.2) is 0 Å². The maximum atomic E-state index is 5.22. The van der Waals surface area contributed by atoms with Crippen molar-refractivity contribution in [2.24, 2.45) is 0 Å². The van der Waals surface area contributed by atoms with Crippen LogP contribution in [0.5, 0.6) is 5.75 Å². The highest BCUT2D eigenvalue weighted by Gasteiger charge is 2.21. The summed E-state index contributed by atoms with van der Waals surface area (Å²) < 4.78 is 0. The van der Waals surface area contributed by atoms with Crippen LogP contribution in [0.4, 0.5) is 0 Å². The number of benzene rings is 1. The normalized spacial score (nSPS) is 21.0. The van der Waals surface area contributed by atoms with Crippen LogP contribution in [-0.2, 0) is 0 Å². The van der Waals surface area contributed by atoms with E-state index >= 15 is 0 Å². The van der Waals surface area contributed by atoms with Crippen LogP contribution in [0.2, 0.25) is 0 Å². The van der Waals surface area contributed by atoms with E-state index < -0.39 is 0 Å². The Bertz CT molecular complexity index is 264. The molecule has 0 fully saturated rings. The summed E-state index contributed by atoms with van der Waals surface area (Å²) in [5.74, 6) is 0.942. The first kappa shape index (κ1) is 7.13. The number of rotatable bonds is 1. The van der Waals surface area contributed by atoms with Crippen LogP contribution in [0.1, 0.15) is 11.6 Å². The van der Waals surface area contributed by atoms with Crippen LogP contribution in [0.3, 0.4) is 0 Å². The summed E-state index contributed by atoms with van der Waals surface area (Å²) in [6, 6.07) is 8.32. The fraction of sp³-hybridized carbons (Fsp3) is 0.250. The van der Waals surface area contributed by atoms with E-state index in [0.717, 1.165) is 11.1 Å². The zero-order valence-electron chi connectivity index (χ0n) is 5.88. The van der Waals surface area contributed by atoms with Crippen molar-refractivity contribution in [3.05, 3.63) is 29.8 Å². The van der Waals surface area contributed by atoms with E-state index in [0.29, 0.717) is 6.04 Å². The smallest absolute Gasteiger partial charge is 0.152 e. The lowest BCUT2D eigenvalue weighted by atomic mass is 10.1. The van der Waals surface area contributed by atoms with Crippen molar-refractivity contribution in [3.8, 4) is 5.75 Å². The quantitative estimate of drug-likeness (QED) is 0.722. The van der Waals surface area contributed by atoms with Gasteiger partial charge >= 0.3 is 0 Å². The van der Waals surface area contributed by atoms with Gasteiger partial charge in [0.1, 0.15) is 0 Å². The molecule has 1 aliphatic heterocycles. The third kappa shape index (κ3) is 1.14. The molecule has 0 bridgehead atoms. The van der Waals surface area contributed by atoms with E-state index in [4.69, 9.17) is 4.84 Å². The van der Waals surface area contributed by atoms with E-state index in [1.165, 1.54) is 5.56 Å². The average Bonchev–Trinajstić information content (AvgIpc) is 2.47. The minimum absolute atomic E-state index is 0.297. The Balaban J connectivity index is 2.39. The van der Waals surface area contributed by atoms with E-state index in [2.05, 4.69) is 27.5 Å². The maximum absolute atomic E-state index is 5.22. The van der Waals surface area contributed by atoms with Gasteiger partial charge in [0, 0.05) is 10.9 Å². The Morgan fingerprint density at radius 2 is 2.27 bits per heavy atom. The Morgan fingerprint density at radius 1 is 1.45 bits per heavy atom. The number of hydrogen-bond donors (Lipinski definition) is 1. The van der Waals surface area contributed by atoms with Gasteiger partial charge in [0.2, 0.25) is 0 Å². The number of hydroxylamine groups is 1. The summed E-state index contributed by atoms with van der Waals surface area (Å²) >= 11 is 3.40. The monoisotopic (exact) mass is 213 g/mol. The first-order valence-corrected chi connectivity index (χ1v) is 4.61. The zero-order chi connectivity index (χ0) is 7.68. The first-order valence-electron chi connectivity index (χ1n) is 3.49. The Hall–Kier alpha value is -0.540. The van der Waals surface area contributed by atoms with Gasteiger partial charge < -0.3 is 4.84 Å². The number of nitrogens with one attached hydrogen (secondary N) is 1. The second kappa shape index (κ2) is 2.83. The van der Waals surface area contributed by atoms with E-state index in [1.807, 2.05) is 18.2 Å². The molecule has 11 heavy (non-hydrogen) atoms. The largest absolute Gasteiger partial charge is 0.408 e. The van der Waals surface area contributed by atoms with Crippen LogP contribution >= 0.6 is 15.9 Å². The average molecular weight is 214 g/mol. The predicted molar refractivity (Wildman–Crippen MR) is 46.7 cm³/mol. The number of hydrogen-bond acceptors (Lipinski definition) is 2. The number of para-hydroxylation sites is 1. The summed E-state index contributed by atoms with van der Waals surface area (Å²) in [6.07, 6.45) is 0. The molecular formula is C8H8BrNO. The topological polar surface area (TPSA) is 21.3 Å². The molecule has 1 aliphatic rings. The van der Waals surface area contributed by atoms with Gasteiger partial charge in [0.25, 0.3) is 0 Å². The molecule has 1 unspecified atom stereocenters. The molecule has 3 heteroatoms. The van der Waals surface area contributed by atoms with Gasteiger partial charge in [0.15, 0.2) is 5.75 Å². The van der Waals surface area contributed by atoms with Crippen molar-refractivity contribution in [2.45, 2.75) is 6.04 Å².